The van der Waals surface area contributed by atoms with E-state index in [0.717, 1.165) is 0 Å². The third-order valence-corrected chi connectivity index (χ3v) is 1.91. The quantitative estimate of drug-likeness (QED) is 0.415. The second kappa shape index (κ2) is 3.06. The molecule has 0 saturated carbocycles. The van der Waals surface area contributed by atoms with Gasteiger partial charge in [0.1, 0.15) is 0 Å². The van der Waals surface area contributed by atoms with Gasteiger partial charge in [-0.05, 0) is 6.07 Å². The fourth-order valence-electron chi connectivity index (χ4n) is 1.29. The number of rotatable bonds is 2. The van der Waals surface area contributed by atoms with Gasteiger partial charge in [-0.15, -0.1) is 0 Å². The summed E-state index contributed by atoms with van der Waals surface area (Å²) in [6.07, 6.45) is 0.102. The van der Waals surface area contributed by atoms with Crippen molar-refractivity contribution in [1.29, 1.82) is 0 Å². The van der Waals surface area contributed by atoms with Crippen molar-refractivity contribution >= 4 is 22.8 Å². The highest BCUT2D eigenvalue weighted by molar-refractivity contribution is 6.35. The molecule has 0 atom stereocenters. The molecule has 0 N–H and O–H groups in total. The molecule has 0 aliphatic rings. The van der Waals surface area contributed by atoms with Crippen LogP contribution in [0.5, 0.6) is 0 Å². The number of carbonyl (C=O) groups is 2. The molecule has 70 valence electrons. The van der Waals surface area contributed by atoms with Crippen molar-refractivity contribution in [2.45, 2.75) is 0 Å². The van der Waals surface area contributed by atoms with Crippen molar-refractivity contribution in [1.82, 2.24) is 0 Å². The van der Waals surface area contributed by atoms with Crippen molar-refractivity contribution in [2.75, 3.05) is 0 Å². The summed E-state index contributed by atoms with van der Waals surface area (Å²) >= 11 is 0. The van der Waals surface area contributed by atoms with Gasteiger partial charge in [-0.1, -0.05) is 18.2 Å². The monoisotopic (exact) mass is 192 g/mol. The SMILES string of the molecule is O=CC(=O)c1oc(F)c2ccccc12. The van der Waals surface area contributed by atoms with Crippen LogP contribution in [0.1, 0.15) is 10.6 Å². The Hall–Kier alpha value is -1.97. The number of ketones is 1. The summed E-state index contributed by atoms with van der Waals surface area (Å²) in [6, 6.07) is 5.43. The zero-order valence-corrected chi connectivity index (χ0v) is 6.99. The van der Waals surface area contributed by atoms with E-state index in [4.69, 9.17) is 0 Å². The van der Waals surface area contributed by atoms with Gasteiger partial charge in [0.25, 0.3) is 11.8 Å². The molecule has 0 aliphatic heterocycles. The molecule has 1 aromatic heterocycles. The number of Topliss-reactive ketones (excluding diaryl/α,β-unsaturated/α-hetero) is 1. The van der Waals surface area contributed by atoms with E-state index in [0.29, 0.717) is 5.39 Å². The Labute approximate surface area is 78.1 Å². The van der Waals surface area contributed by atoms with Crippen LogP contribution in [0.25, 0.3) is 10.8 Å². The van der Waals surface area contributed by atoms with E-state index in [1.807, 2.05) is 0 Å². The number of carbonyl (C=O) groups excluding carboxylic acids is 2. The summed E-state index contributed by atoms with van der Waals surface area (Å²) in [5.74, 6) is -1.10. The van der Waals surface area contributed by atoms with E-state index in [-0.39, 0.29) is 17.4 Å². The predicted octanol–water partition coefficient (Wildman–Crippen LogP) is 1.95. The Morgan fingerprint density at radius 1 is 1.29 bits per heavy atom. The summed E-state index contributed by atoms with van der Waals surface area (Å²) in [4.78, 5) is 21.2. The molecule has 1 heterocycles. The Balaban J connectivity index is 2.78. The Morgan fingerprint density at radius 2 is 1.93 bits per heavy atom. The predicted molar refractivity (Wildman–Crippen MR) is 46.6 cm³/mol. The van der Waals surface area contributed by atoms with Crippen LogP contribution in [0.4, 0.5) is 4.39 Å². The number of furan rings is 1. The summed E-state index contributed by atoms with van der Waals surface area (Å²) in [5, 5.41) is 0.528. The number of fused-ring (bicyclic) bond motifs is 1. The van der Waals surface area contributed by atoms with Crippen molar-refractivity contribution < 1.29 is 18.4 Å². The van der Waals surface area contributed by atoms with Gasteiger partial charge in [-0.2, -0.15) is 4.39 Å². The minimum absolute atomic E-state index is 0.102. The van der Waals surface area contributed by atoms with E-state index in [9.17, 15) is 14.0 Å². The molecule has 0 bridgehead atoms. The number of halogens is 1. The first-order valence-corrected chi connectivity index (χ1v) is 3.90. The van der Waals surface area contributed by atoms with Gasteiger partial charge in [-0.3, -0.25) is 9.59 Å². The third kappa shape index (κ3) is 1.12. The van der Waals surface area contributed by atoms with Crippen LogP contribution in [0, 0.1) is 6.01 Å². The van der Waals surface area contributed by atoms with Crippen molar-refractivity contribution in [3.8, 4) is 0 Å². The first kappa shape index (κ1) is 8.62. The van der Waals surface area contributed by atoms with Crippen LogP contribution in [0.15, 0.2) is 28.7 Å². The fraction of sp³-hybridized carbons (Fsp3) is 0. The average molecular weight is 192 g/mol. The number of aldehydes is 1. The molecule has 1 aromatic carbocycles. The normalized spacial score (nSPS) is 10.4. The maximum Gasteiger partial charge on any atom is 0.286 e. The standard InChI is InChI=1S/C10H5FO3/c11-10-7-4-2-1-3-6(7)9(14-10)8(13)5-12/h1-5H. The lowest BCUT2D eigenvalue weighted by molar-refractivity contribution is -0.104. The van der Waals surface area contributed by atoms with Gasteiger partial charge >= 0.3 is 0 Å². The molecule has 0 amide bonds. The molecule has 14 heavy (non-hydrogen) atoms. The smallest absolute Gasteiger partial charge is 0.286 e. The Bertz CT molecular complexity index is 513. The maximum atomic E-state index is 13.1. The van der Waals surface area contributed by atoms with Crippen LogP contribution in [-0.4, -0.2) is 12.1 Å². The third-order valence-electron chi connectivity index (χ3n) is 1.91. The number of hydrogen-bond donors (Lipinski definition) is 0. The lowest BCUT2D eigenvalue weighted by atomic mass is 10.1. The first-order chi connectivity index (χ1) is 6.74. The molecule has 0 fully saturated rings. The summed E-state index contributed by atoms with van der Waals surface area (Å²) in [5.41, 5.74) is 0. The minimum atomic E-state index is -0.856. The molecule has 0 spiro atoms. The van der Waals surface area contributed by atoms with Crippen molar-refractivity contribution in [3.63, 3.8) is 0 Å². The second-order valence-electron chi connectivity index (χ2n) is 2.73. The Morgan fingerprint density at radius 3 is 2.57 bits per heavy atom. The summed E-state index contributed by atoms with van der Waals surface area (Å²) < 4.78 is 17.6. The van der Waals surface area contributed by atoms with Crippen LogP contribution < -0.4 is 0 Å². The van der Waals surface area contributed by atoms with Crippen LogP contribution in [0.2, 0.25) is 0 Å². The van der Waals surface area contributed by atoms with E-state index in [2.05, 4.69) is 4.42 Å². The molecule has 0 radical (unpaired) electrons. The first-order valence-electron chi connectivity index (χ1n) is 3.90. The lowest BCUT2D eigenvalue weighted by Crippen LogP contribution is -1.97. The second-order valence-corrected chi connectivity index (χ2v) is 2.73. The molecular formula is C10H5FO3. The zero-order valence-electron chi connectivity index (χ0n) is 6.99. The summed E-state index contributed by atoms with van der Waals surface area (Å²) in [7, 11) is 0. The molecule has 0 unspecified atom stereocenters. The number of hydrogen-bond acceptors (Lipinski definition) is 3. The van der Waals surface area contributed by atoms with Gasteiger partial charge in [-0.25, -0.2) is 0 Å². The largest absolute Gasteiger partial charge is 0.426 e. The highest BCUT2D eigenvalue weighted by Gasteiger charge is 2.17. The molecule has 2 rings (SSSR count). The maximum absolute atomic E-state index is 13.1. The van der Waals surface area contributed by atoms with Crippen molar-refractivity contribution in [3.05, 3.63) is 36.0 Å². The highest BCUT2D eigenvalue weighted by atomic mass is 19.1. The van der Waals surface area contributed by atoms with E-state index >= 15 is 0 Å². The van der Waals surface area contributed by atoms with Gasteiger partial charge in [0.15, 0.2) is 12.0 Å². The van der Waals surface area contributed by atoms with Crippen LogP contribution in [0.3, 0.4) is 0 Å². The van der Waals surface area contributed by atoms with Gasteiger partial charge in [0.2, 0.25) is 0 Å². The number of benzene rings is 1. The average Bonchev–Trinajstić information content (AvgIpc) is 2.56. The van der Waals surface area contributed by atoms with Gasteiger partial charge in [0, 0.05) is 5.39 Å². The van der Waals surface area contributed by atoms with Crippen LogP contribution in [-0.2, 0) is 4.79 Å². The van der Waals surface area contributed by atoms with E-state index < -0.39 is 11.8 Å². The molecule has 0 saturated heterocycles. The molecular weight excluding hydrogens is 187 g/mol. The minimum Gasteiger partial charge on any atom is -0.426 e. The molecule has 0 aliphatic carbocycles. The fourth-order valence-corrected chi connectivity index (χ4v) is 1.29. The Kier molecular flexibility index (Phi) is 1.89. The van der Waals surface area contributed by atoms with Gasteiger partial charge < -0.3 is 4.42 Å². The molecule has 3 nitrogen and oxygen atoms in total. The lowest BCUT2D eigenvalue weighted by Gasteiger charge is -1.87. The van der Waals surface area contributed by atoms with Crippen molar-refractivity contribution in [2.24, 2.45) is 0 Å². The van der Waals surface area contributed by atoms with Gasteiger partial charge in [0.05, 0.1) is 5.39 Å². The zero-order chi connectivity index (χ0) is 10.1. The highest BCUT2D eigenvalue weighted by Crippen LogP contribution is 2.24. The topological polar surface area (TPSA) is 47.3 Å². The van der Waals surface area contributed by atoms with Crippen LogP contribution >= 0.6 is 0 Å². The molecule has 4 heteroatoms. The van der Waals surface area contributed by atoms with E-state index in [1.165, 1.54) is 12.1 Å². The van der Waals surface area contributed by atoms with E-state index in [1.54, 1.807) is 12.1 Å². The summed E-state index contributed by atoms with van der Waals surface area (Å²) in [6.45, 7) is 0. The molecule has 2 aromatic rings.